The number of aryl methyl sites for hydroxylation is 1. The highest BCUT2D eigenvalue weighted by Gasteiger charge is 2.07. The number of anilines is 1. The van der Waals surface area contributed by atoms with Gasteiger partial charge in [0.15, 0.2) is 0 Å². The van der Waals surface area contributed by atoms with Crippen LogP contribution in [-0.4, -0.2) is 26.0 Å². The molecule has 2 amide bonds. The van der Waals surface area contributed by atoms with E-state index in [2.05, 4.69) is 10.6 Å². The number of hydrogen-bond donors (Lipinski definition) is 2. The lowest BCUT2D eigenvalue weighted by Crippen LogP contribution is -2.23. The predicted octanol–water partition coefficient (Wildman–Crippen LogP) is 3.69. The third kappa shape index (κ3) is 6.95. The molecule has 0 atom stereocenters. The number of ether oxygens (including phenoxy) is 2. The van der Waals surface area contributed by atoms with Crippen molar-refractivity contribution in [3.63, 3.8) is 0 Å². The van der Waals surface area contributed by atoms with Crippen molar-refractivity contribution < 1.29 is 19.1 Å². The Morgan fingerprint density at radius 2 is 1.61 bits per heavy atom. The van der Waals surface area contributed by atoms with Crippen LogP contribution in [-0.2, 0) is 22.6 Å². The number of amides is 2. The van der Waals surface area contributed by atoms with E-state index >= 15 is 0 Å². The Bertz CT molecular complexity index is 783. The highest BCUT2D eigenvalue weighted by atomic mass is 16.5. The van der Waals surface area contributed by atoms with E-state index in [1.54, 1.807) is 20.3 Å². The molecule has 0 unspecified atom stereocenters. The maximum atomic E-state index is 12.2. The Morgan fingerprint density at radius 3 is 2.25 bits per heavy atom. The van der Waals surface area contributed by atoms with Crippen molar-refractivity contribution in [2.75, 3.05) is 19.5 Å². The van der Waals surface area contributed by atoms with Crippen molar-refractivity contribution in [1.29, 1.82) is 0 Å². The Balaban J connectivity index is 1.85. The van der Waals surface area contributed by atoms with Gasteiger partial charge in [0.25, 0.3) is 0 Å². The molecule has 6 nitrogen and oxygen atoms in total. The minimum atomic E-state index is -0.0396. The van der Waals surface area contributed by atoms with Gasteiger partial charge < -0.3 is 20.1 Å². The molecule has 2 aromatic rings. The molecular weight excluding hydrogens is 356 g/mol. The zero-order chi connectivity index (χ0) is 20.4. The molecular formula is C22H28N2O4. The van der Waals surface area contributed by atoms with Crippen LogP contribution in [0.15, 0.2) is 42.5 Å². The van der Waals surface area contributed by atoms with E-state index in [4.69, 9.17) is 9.47 Å². The summed E-state index contributed by atoms with van der Waals surface area (Å²) in [5, 5.41) is 5.78. The molecule has 0 bridgehead atoms. The zero-order valence-electron chi connectivity index (χ0n) is 16.7. The van der Waals surface area contributed by atoms with E-state index in [0.717, 1.165) is 23.2 Å². The molecule has 0 radical (unpaired) electrons. The molecule has 0 saturated carbocycles. The zero-order valence-corrected chi connectivity index (χ0v) is 16.7. The van der Waals surface area contributed by atoms with Gasteiger partial charge in [-0.1, -0.05) is 19.1 Å². The van der Waals surface area contributed by atoms with Crippen LogP contribution in [0.4, 0.5) is 5.69 Å². The molecule has 2 N–H and O–H groups in total. The van der Waals surface area contributed by atoms with Crippen molar-refractivity contribution >= 4 is 17.5 Å². The van der Waals surface area contributed by atoms with E-state index in [0.29, 0.717) is 37.3 Å². The quantitative estimate of drug-likeness (QED) is 0.655. The third-order valence-corrected chi connectivity index (χ3v) is 4.23. The second kappa shape index (κ2) is 11.0. The van der Waals surface area contributed by atoms with Gasteiger partial charge in [-0.05, 0) is 48.2 Å². The summed E-state index contributed by atoms with van der Waals surface area (Å²) in [6.07, 6.45) is 2.26. The first-order valence-corrected chi connectivity index (χ1v) is 9.41. The van der Waals surface area contributed by atoms with Crippen LogP contribution in [0.25, 0.3) is 0 Å². The molecule has 0 aliphatic heterocycles. The van der Waals surface area contributed by atoms with Crippen LogP contribution in [0.5, 0.6) is 11.5 Å². The van der Waals surface area contributed by atoms with Crippen LogP contribution in [0.1, 0.15) is 37.3 Å². The summed E-state index contributed by atoms with van der Waals surface area (Å²) in [7, 11) is 3.20. The molecule has 0 fully saturated rings. The lowest BCUT2D eigenvalue weighted by atomic mass is 10.1. The fourth-order valence-electron chi connectivity index (χ4n) is 2.77. The summed E-state index contributed by atoms with van der Waals surface area (Å²) in [6, 6.07) is 13.1. The van der Waals surface area contributed by atoms with Crippen LogP contribution < -0.4 is 20.1 Å². The van der Waals surface area contributed by atoms with Crippen molar-refractivity contribution in [2.24, 2.45) is 0 Å². The number of benzene rings is 2. The maximum Gasteiger partial charge on any atom is 0.224 e. The molecule has 0 aromatic heterocycles. The Morgan fingerprint density at radius 1 is 0.893 bits per heavy atom. The average Bonchev–Trinajstić information content (AvgIpc) is 2.70. The molecule has 0 aliphatic rings. The molecule has 0 heterocycles. The fourth-order valence-corrected chi connectivity index (χ4v) is 2.77. The van der Waals surface area contributed by atoms with E-state index in [1.165, 1.54) is 0 Å². The SMILES string of the molecule is CCCC(=O)Nc1cccc(CNC(=O)CCc2cc(OC)cc(OC)c2)c1. The second-order valence-electron chi connectivity index (χ2n) is 6.50. The van der Waals surface area contributed by atoms with Gasteiger partial charge in [0.2, 0.25) is 11.8 Å². The van der Waals surface area contributed by atoms with Gasteiger partial charge in [-0.15, -0.1) is 0 Å². The minimum Gasteiger partial charge on any atom is -0.497 e. The van der Waals surface area contributed by atoms with Crippen molar-refractivity contribution in [3.05, 3.63) is 53.6 Å². The first kappa shape index (κ1) is 21.3. The van der Waals surface area contributed by atoms with Gasteiger partial charge in [-0.25, -0.2) is 0 Å². The largest absolute Gasteiger partial charge is 0.497 e. The molecule has 2 aromatic carbocycles. The normalized spacial score (nSPS) is 10.2. The maximum absolute atomic E-state index is 12.2. The average molecular weight is 384 g/mol. The predicted molar refractivity (Wildman–Crippen MR) is 110 cm³/mol. The Hall–Kier alpha value is -3.02. The van der Waals surface area contributed by atoms with Crippen molar-refractivity contribution in [3.8, 4) is 11.5 Å². The molecule has 150 valence electrons. The van der Waals surface area contributed by atoms with Crippen LogP contribution >= 0.6 is 0 Å². The van der Waals surface area contributed by atoms with Crippen LogP contribution in [0.2, 0.25) is 0 Å². The number of rotatable bonds is 10. The number of hydrogen-bond acceptors (Lipinski definition) is 4. The first-order chi connectivity index (χ1) is 13.5. The van der Waals surface area contributed by atoms with Gasteiger partial charge in [0.1, 0.15) is 11.5 Å². The molecule has 0 saturated heterocycles. The van der Waals surface area contributed by atoms with E-state index in [9.17, 15) is 9.59 Å². The molecule has 0 spiro atoms. The Kier molecular flexibility index (Phi) is 8.34. The van der Waals surface area contributed by atoms with Gasteiger partial charge in [0, 0.05) is 31.1 Å². The first-order valence-electron chi connectivity index (χ1n) is 9.41. The minimum absolute atomic E-state index is 0.00240. The molecule has 6 heteroatoms. The van der Waals surface area contributed by atoms with E-state index in [1.807, 2.05) is 43.3 Å². The number of carbonyl (C=O) groups is 2. The summed E-state index contributed by atoms with van der Waals surface area (Å²) in [5.41, 5.74) is 2.66. The standard InChI is InChI=1S/C22H28N2O4/c1-4-6-22(26)24-18-8-5-7-17(11-18)15-23-21(25)10-9-16-12-19(27-2)14-20(13-16)28-3/h5,7-8,11-14H,4,6,9-10,15H2,1-3H3,(H,23,25)(H,24,26). The summed E-state index contributed by atoms with van der Waals surface area (Å²) < 4.78 is 10.5. The summed E-state index contributed by atoms with van der Waals surface area (Å²) >= 11 is 0. The van der Waals surface area contributed by atoms with Crippen LogP contribution in [0.3, 0.4) is 0 Å². The highest BCUT2D eigenvalue weighted by Crippen LogP contribution is 2.23. The molecule has 0 aliphatic carbocycles. The third-order valence-electron chi connectivity index (χ3n) is 4.23. The second-order valence-corrected chi connectivity index (χ2v) is 6.50. The topological polar surface area (TPSA) is 76.7 Å². The highest BCUT2D eigenvalue weighted by molar-refractivity contribution is 5.90. The molecule has 28 heavy (non-hydrogen) atoms. The fraction of sp³-hybridized carbons (Fsp3) is 0.364. The smallest absolute Gasteiger partial charge is 0.224 e. The van der Waals surface area contributed by atoms with Gasteiger partial charge in [-0.2, -0.15) is 0 Å². The van der Waals surface area contributed by atoms with Crippen molar-refractivity contribution in [2.45, 2.75) is 39.2 Å². The monoisotopic (exact) mass is 384 g/mol. The molecule has 2 rings (SSSR count). The number of nitrogens with one attached hydrogen (secondary N) is 2. The Labute approximate surface area is 166 Å². The van der Waals surface area contributed by atoms with Gasteiger partial charge in [-0.3, -0.25) is 9.59 Å². The summed E-state index contributed by atoms with van der Waals surface area (Å²) in [5.74, 6) is 1.37. The van der Waals surface area contributed by atoms with Gasteiger partial charge in [0.05, 0.1) is 14.2 Å². The lowest BCUT2D eigenvalue weighted by Gasteiger charge is -2.10. The van der Waals surface area contributed by atoms with Crippen LogP contribution in [0, 0.1) is 0 Å². The van der Waals surface area contributed by atoms with Gasteiger partial charge >= 0.3 is 0 Å². The summed E-state index contributed by atoms with van der Waals surface area (Å²) in [4.78, 5) is 23.9. The number of carbonyl (C=O) groups excluding carboxylic acids is 2. The summed E-state index contributed by atoms with van der Waals surface area (Å²) in [6.45, 7) is 2.38. The number of methoxy groups -OCH3 is 2. The van der Waals surface area contributed by atoms with Crippen molar-refractivity contribution in [1.82, 2.24) is 5.32 Å². The van der Waals surface area contributed by atoms with E-state index in [-0.39, 0.29) is 11.8 Å². The lowest BCUT2D eigenvalue weighted by molar-refractivity contribution is -0.121. The van der Waals surface area contributed by atoms with E-state index < -0.39 is 0 Å².